The molecule has 126 valence electrons. The van der Waals surface area contributed by atoms with E-state index in [1.54, 1.807) is 0 Å². The van der Waals surface area contributed by atoms with Crippen molar-refractivity contribution >= 4 is 23.1 Å². The molecule has 2 amide bonds. The molecule has 0 bridgehead atoms. The summed E-state index contributed by atoms with van der Waals surface area (Å²) < 4.78 is 37.8. The van der Waals surface area contributed by atoms with Gasteiger partial charge in [0.1, 0.15) is 0 Å². The Balaban J connectivity index is 2.15. The first-order valence-electron chi connectivity index (χ1n) is 6.40. The van der Waals surface area contributed by atoms with E-state index in [0.29, 0.717) is 0 Å². The third-order valence-electron chi connectivity index (χ3n) is 2.91. The molecule has 7 nitrogen and oxygen atoms in total. The summed E-state index contributed by atoms with van der Waals surface area (Å²) in [5.74, 6) is -0.762. The maximum Gasteiger partial charge on any atom is 0.416 e. The lowest BCUT2D eigenvalue weighted by Crippen LogP contribution is -2.20. The van der Waals surface area contributed by atoms with Crippen LogP contribution in [0.5, 0.6) is 5.75 Å². The fourth-order valence-electron chi connectivity index (χ4n) is 1.84. The third kappa shape index (κ3) is 3.91. The fraction of sp³-hybridized carbons (Fsp3) is 0.0714. The Morgan fingerprint density at radius 3 is 2.42 bits per heavy atom. The van der Waals surface area contributed by atoms with Crippen molar-refractivity contribution in [3.8, 4) is 5.75 Å². The zero-order valence-corrected chi connectivity index (χ0v) is 11.8. The molecule has 0 spiro atoms. The first kappa shape index (κ1) is 17.1. The molecule has 0 saturated heterocycles. The molecule has 24 heavy (non-hydrogen) atoms. The minimum atomic E-state index is -4.56. The second-order valence-electron chi connectivity index (χ2n) is 4.59. The Bertz CT molecular complexity index is 793. The number of nitrogens with one attached hydrogen (secondary N) is 2. The number of amides is 2. The summed E-state index contributed by atoms with van der Waals surface area (Å²) in [6.07, 6.45) is -4.56. The summed E-state index contributed by atoms with van der Waals surface area (Å²) in [4.78, 5) is 21.6. The number of alkyl halides is 3. The number of aromatic hydroxyl groups is 1. The van der Waals surface area contributed by atoms with Gasteiger partial charge in [0, 0.05) is 11.8 Å². The topological polar surface area (TPSA) is 104 Å². The van der Waals surface area contributed by atoms with Crippen LogP contribution < -0.4 is 10.6 Å². The molecule has 0 aliphatic carbocycles. The van der Waals surface area contributed by atoms with Crippen LogP contribution in [0.25, 0.3) is 0 Å². The van der Waals surface area contributed by atoms with Crippen LogP contribution in [0.15, 0.2) is 42.5 Å². The lowest BCUT2D eigenvalue weighted by atomic mass is 10.2. The van der Waals surface area contributed by atoms with Crippen LogP contribution in [-0.4, -0.2) is 16.1 Å². The largest absolute Gasteiger partial charge is 0.501 e. The smallest absolute Gasteiger partial charge is 0.416 e. The van der Waals surface area contributed by atoms with E-state index in [1.807, 2.05) is 0 Å². The van der Waals surface area contributed by atoms with Gasteiger partial charge in [0.25, 0.3) is 0 Å². The van der Waals surface area contributed by atoms with Crippen molar-refractivity contribution in [2.75, 3.05) is 10.6 Å². The van der Waals surface area contributed by atoms with E-state index in [1.165, 1.54) is 18.2 Å². The molecule has 0 atom stereocenters. The number of carbonyl (C=O) groups excluding carboxylic acids is 1. The minimum Gasteiger partial charge on any atom is -0.501 e. The van der Waals surface area contributed by atoms with E-state index >= 15 is 0 Å². The zero-order valence-electron chi connectivity index (χ0n) is 11.8. The molecule has 0 saturated carbocycles. The Morgan fingerprint density at radius 2 is 1.79 bits per heavy atom. The molecule has 0 heterocycles. The van der Waals surface area contributed by atoms with E-state index in [2.05, 4.69) is 10.6 Å². The van der Waals surface area contributed by atoms with Crippen molar-refractivity contribution in [1.82, 2.24) is 0 Å². The molecular formula is C14H10F3N3O4. The van der Waals surface area contributed by atoms with Gasteiger partial charge in [0.05, 0.1) is 16.2 Å². The quantitative estimate of drug-likeness (QED) is 0.446. The lowest BCUT2D eigenvalue weighted by molar-refractivity contribution is -0.385. The van der Waals surface area contributed by atoms with Crippen LogP contribution in [0.2, 0.25) is 0 Å². The van der Waals surface area contributed by atoms with E-state index < -0.39 is 34.1 Å². The number of hydrogen-bond acceptors (Lipinski definition) is 4. The van der Waals surface area contributed by atoms with Crippen LogP contribution in [0.4, 0.5) is 35.0 Å². The Kier molecular flexibility index (Phi) is 4.58. The number of carbonyl (C=O) groups is 1. The summed E-state index contributed by atoms with van der Waals surface area (Å²) in [7, 11) is 0. The van der Waals surface area contributed by atoms with E-state index in [4.69, 9.17) is 0 Å². The van der Waals surface area contributed by atoms with Gasteiger partial charge in [0.15, 0.2) is 0 Å². The highest BCUT2D eigenvalue weighted by Gasteiger charge is 2.30. The summed E-state index contributed by atoms with van der Waals surface area (Å²) >= 11 is 0. The van der Waals surface area contributed by atoms with Crippen LogP contribution >= 0.6 is 0 Å². The lowest BCUT2D eigenvalue weighted by Gasteiger charge is -2.11. The maximum atomic E-state index is 12.6. The average molecular weight is 341 g/mol. The van der Waals surface area contributed by atoms with Crippen LogP contribution in [0.3, 0.4) is 0 Å². The standard InChI is InChI=1S/C14H10F3N3O4/c15-14(16,17)8-3-1-4-9(7-8)18-13(22)19-10-5-2-6-11(12(10)21)20(23)24/h1-7,21H,(H2,18,19,22). The number of phenols is 1. The van der Waals surface area contributed by atoms with Gasteiger partial charge < -0.3 is 15.7 Å². The van der Waals surface area contributed by atoms with E-state index in [-0.39, 0.29) is 11.4 Å². The molecule has 2 aromatic carbocycles. The number of urea groups is 1. The number of anilines is 2. The number of para-hydroxylation sites is 1. The van der Waals surface area contributed by atoms with Crippen LogP contribution in [-0.2, 0) is 6.18 Å². The van der Waals surface area contributed by atoms with Crippen LogP contribution in [0, 0.1) is 10.1 Å². The first-order chi connectivity index (χ1) is 11.2. The molecule has 10 heteroatoms. The van der Waals surface area contributed by atoms with Crippen molar-refractivity contribution < 1.29 is 28.0 Å². The predicted octanol–water partition coefficient (Wildman–Crippen LogP) is 3.96. The monoisotopic (exact) mass is 341 g/mol. The number of nitrogens with zero attached hydrogens (tertiary/aromatic N) is 1. The molecular weight excluding hydrogens is 331 g/mol. The maximum absolute atomic E-state index is 12.6. The summed E-state index contributed by atoms with van der Waals surface area (Å²) in [5.41, 5.74) is -1.95. The third-order valence-corrected chi connectivity index (χ3v) is 2.91. The van der Waals surface area contributed by atoms with Crippen molar-refractivity contribution in [2.24, 2.45) is 0 Å². The zero-order chi connectivity index (χ0) is 17.9. The van der Waals surface area contributed by atoms with Gasteiger partial charge in [-0.1, -0.05) is 12.1 Å². The normalized spacial score (nSPS) is 11.0. The highest BCUT2D eigenvalue weighted by molar-refractivity contribution is 6.01. The molecule has 2 rings (SSSR count). The summed E-state index contributed by atoms with van der Waals surface area (Å²) in [6.45, 7) is 0. The summed E-state index contributed by atoms with van der Waals surface area (Å²) in [6, 6.07) is 6.43. The SMILES string of the molecule is O=C(Nc1cccc(C(F)(F)F)c1)Nc1cccc([N+](=O)[O-])c1O. The van der Waals surface area contributed by atoms with Gasteiger partial charge >= 0.3 is 17.9 Å². The molecule has 3 N–H and O–H groups in total. The van der Waals surface area contributed by atoms with Gasteiger partial charge in [-0.2, -0.15) is 13.2 Å². The molecule has 0 unspecified atom stereocenters. The summed E-state index contributed by atoms with van der Waals surface area (Å²) in [5, 5.41) is 24.7. The van der Waals surface area contributed by atoms with Gasteiger partial charge in [-0.3, -0.25) is 10.1 Å². The Morgan fingerprint density at radius 1 is 1.12 bits per heavy atom. The minimum absolute atomic E-state index is 0.132. The number of hydrogen-bond donors (Lipinski definition) is 3. The number of rotatable bonds is 3. The highest BCUT2D eigenvalue weighted by Crippen LogP contribution is 2.33. The van der Waals surface area contributed by atoms with Gasteiger partial charge in [-0.15, -0.1) is 0 Å². The van der Waals surface area contributed by atoms with Crippen LogP contribution in [0.1, 0.15) is 5.56 Å². The molecule has 0 aliphatic heterocycles. The van der Waals surface area contributed by atoms with Crippen molar-refractivity contribution in [3.05, 3.63) is 58.1 Å². The number of phenolic OH excluding ortho intramolecular Hbond substituents is 1. The van der Waals surface area contributed by atoms with E-state index in [0.717, 1.165) is 24.3 Å². The number of nitro benzene ring substituents is 1. The van der Waals surface area contributed by atoms with Gasteiger partial charge in [-0.25, -0.2) is 4.79 Å². The molecule has 2 aromatic rings. The average Bonchev–Trinajstić information content (AvgIpc) is 2.48. The Labute approximate surface area is 132 Å². The highest BCUT2D eigenvalue weighted by atomic mass is 19.4. The molecule has 0 fully saturated rings. The van der Waals surface area contributed by atoms with Gasteiger partial charge in [-0.05, 0) is 24.3 Å². The fourth-order valence-corrected chi connectivity index (χ4v) is 1.84. The molecule has 0 aliphatic rings. The van der Waals surface area contributed by atoms with Crippen molar-refractivity contribution in [3.63, 3.8) is 0 Å². The predicted molar refractivity (Wildman–Crippen MR) is 78.8 cm³/mol. The Hall–Kier alpha value is -3.30. The van der Waals surface area contributed by atoms with Crippen molar-refractivity contribution in [2.45, 2.75) is 6.18 Å². The molecule has 0 radical (unpaired) electrons. The number of benzene rings is 2. The second kappa shape index (κ2) is 6.44. The van der Waals surface area contributed by atoms with Gasteiger partial charge in [0.2, 0.25) is 5.75 Å². The number of nitro groups is 1. The van der Waals surface area contributed by atoms with E-state index in [9.17, 15) is 33.2 Å². The number of halogens is 3. The van der Waals surface area contributed by atoms with Crippen molar-refractivity contribution in [1.29, 1.82) is 0 Å². The second-order valence-corrected chi connectivity index (χ2v) is 4.59. The molecule has 0 aromatic heterocycles. The first-order valence-corrected chi connectivity index (χ1v) is 6.40.